The zero-order chi connectivity index (χ0) is 12.3. The summed E-state index contributed by atoms with van der Waals surface area (Å²) in [7, 11) is 0. The summed E-state index contributed by atoms with van der Waals surface area (Å²) in [5.74, 6) is -0.980. The van der Waals surface area contributed by atoms with Crippen molar-refractivity contribution in [1.29, 1.82) is 5.41 Å². The molecule has 0 unspecified atom stereocenters. The van der Waals surface area contributed by atoms with Crippen LogP contribution in [0.4, 0.5) is 14.9 Å². The summed E-state index contributed by atoms with van der Waals surface area (Å²) in [6.07, 6.45) is 0. The molecule has 0 bridgehead atoms. The van der Waals surface area contributed by atoms with Crippen molar-refractivity contribution in [3.8, 4) is 0 Å². The normalized spacial score (nSPS) is 9.69. The van der Waals surface area contributed by atoms with Crippen molar-refractivity contribution in [2.45, 2.75) is 0 Å². The monoisotopic (exact) mass is 352 g/mol. The van der Waals surface area contributed by atoms with E-state index in [0.29, 0.717) is 8.95 Å². The predicted octanol–water partition coefficient (Wildman–Crippen LogP) is 2.37. The number of amides is 2. The highest BCUT2D eigenvalue weighted by molar-refractivity contribution is 9.11. The minimum absolute atomic E-state index is 0.0435. The van der Waals surface area contributed by atoms with Crippen LogP contribution in [-0.2, 0) is 0 Å². The molecule has 0 radical (unpaired) electrons. The zero-order valence-corrected chi connectivity index (χ0v) is 10.9. The van der Waals surface area contributed by atoms with E-state index in [9.17, 15) is 9.18 Å². The van der Waals surface area contributed by atoms with E-state index in [0.717, 1.165) is 0 Å². The third-order valence-corrected chi connectivity index (χ3v) is 2.59. The van der Waals surface area contributed by atoms with E-state index < -0.39 is 17.8 Å². The lowest BCUT2D eigenvalue weighted by atomic mass is 10.3. The van der Waals surface area contributed by atoms with Gasteiger partial charge in [0.15, 0.2) is 0 Å². The summed E-state index contributed by atoms with van der Waals surface area (Å²) in [5, 5.41) is 11.6. The van der Waals surface area contributed by atoms with Crippen LogP contribution in [0.3, 0.4) is 0 Å². The van der Waals surface area contributed by atoms with Crippen molar-refractivity contribution in [3.05, 3.63) is 26.9 Å². The molecule has 1 rings (SSSR count). The standard InChI is InChI=1S/C8H7Br2FN4O/c9-3-1-4(10)6(5(11)2-3)14-7(12)15-8(13)16/h1-2H,(H5,12,13,14,15,16). The minimum Gasteiger partial charge on any atom is -0.351 e. The molecule has 0 fully saturated rings. The van der Waals surface area contributed by atoms with Crippen molar-refractivity contribution in [2.24, 2.45) is 5.73 Å². The molecule has 8 heteroatoms. The first-order chi connectivity index (χ1) is 7.40. The second-order valence-electron chi connectivity index (χ2n) is 2.73. The number of guanidine groups is 1. The molecule has 0 aliphatic rings. The van der Waals surface area contributed by atoms with Crippen LogP contribution in [0.25, 0.3) is 0 Å². The van der Waals surface area contributed by atoms with Crippen LogP contribution >= 0.6 is 31.9 Å². The van der Waals surface area contributed by atoms with Gasteiger partial charge >= 0.3 is 6.03 Å². The molecule has 0 aliphatic carbocycles. The Morgan fingerprint density at radius 2 is 2.06 bits per heavy atom. The molecule has 86 valence electrons. The first kappa shape index (κ1) is 12.9. The van der Waals surface area contributed by atoms with E-state index >= 15 is 0 Å². The van der Waals surface area contributed by atoms with Crippen LogP contribution in [0, 0.1) is 11.2 Å². The summed E-state index contributed by atoms with van der Waals surface area (Å²) in [5.41, 5.74) is 4.85. The molecular formula is C8H7Br2FN4O. The van der Waals surface area contributed by atoms with E-state index in [1.54, 1.807) is 6.07 Å². The third-order valence-electron chi connectivity index (χ3n) is 1.51. The molecule has 1 aromatic rings. The molecular weight excluding hydrogens is 347 g/mol. The van der Waals surface area contributed by atoms with Gasteiger partial charge in [-0.05, 0) is 28.1 Å². The Balaban J connectivity index is 2.89. The SMILES string of the molecule is N=C(NC(N)=O)Nc1c(F)cc(Br)cc1Br. The maximum Gasteiger partial charge on any atom is 0.318 e. The van der Waals surface area contributed by atoms with Crippen LogP contribution in [0.5, 0.6) is 0 Å². The molecule has 0 heterocycles. The van der Waals surface area contributed by atoms with Crippen LogP contribution < -0.4 is 16.4 Å². The molecule has 5 N–H and O–H groups in total. The van der Waals surface area contributed by atoms with Gasteiger partial charge in [0.05, 0.1) is 5.69 Å². The van der Waals surface area contributed by atoms with Crippen LogP contribution in [0.1, 0.15) is 0 Å². The highest BCUT2D eigenvalue weighted by atomic mass is 79.9. The number of carbonyl (C=O) groups is 1. The Bertz CT molecular complexity index is 429. The van der Waals surface area contributed by atoms with Gasteiger partial charge in [-0.1, -0.05) is 15.9 Å². The molecule has 0 atom stereocenters. The predicted molar refractivity (Wildman–Crippen MR) is 65.9 cm³/mol. The van der Waals surface area contributed by atoms with Crippen LogP contribution in [-0.4, -0.2) is 12.0 Å². The van der Waals surface area contributed by atoms with Gasteiger partial charge in [-0.2, -0.15) is 0 Å². The summed E-state index contributed by atoms with van der Waals surface area (Å²) >= 11 is 6.23. The number of nitrogens with one attached hydrogen (secondary N) is 3. The van der Waals surface area contributed by atoms with Gasteiger partial charge in [-0.25, -0.2) is 9.18 Å². The molecule has 2 amide bonds. The van der Waals surface area contributed by atoms with Gasteiger partial charge in [0.2, 0.25) is 5.96 Å². The van der Waals surface area contributed by atoms with Gasteiger partial charge in [-0.15, -0.1) is 0 Å². The average molecular weight is 354 g/mol. The summed E-state index contributed by atoms with van der Waals surface area (Å²) in [6.45, 7) is 0. The Morgan fingerprint density at radius 3 is 2.56 bits per heavy atom. The van der Waals surface area contributed by atoms with Gasteiger partial charge in [-0.3, -0.25) is 10.7 Å². The number of halogens is 3. The molecule has 0 aromatic heterocycles. The molecule has 0 saturated carbocycles. The number of urea groups is 1. The van der Waals surface area contributed by atoms with Crippen molar-refractivity contribution in [1.82, 2.24) is 5.32 Å². The summed E-state index contributed by atoms with van der Waals surface area (Å²) in [6, 6.07) is 1.93. The van der Waals surface area contributed by atoms with Crippen molar-refractivity contribution in [2.75, 3.05) is 5.32 Å². The largest absolute Gasteiger partial charge is 0.351 e. The van der Waals surface area contributed by atoms with Crippen molar-refractivity contribution in [3.63, 3.8) is 0 Å². The van der Waals surface area contributed by atoms with Crippen molar-refractivity contribution >= 4 is 49.5 Å². The maximum absolute atomic E-state index is 13.4. The number of anilines is 1. The molecule has 0 spiro atoms. The fraction of sp³-hybridized carbons (Fsp3) is 0. The third kappa shape index (κ3) is 3.46. The number of benzene rings is 1. The summed E-state index contributed by atoms with van der Waals surface area (Å²) in [4.78, 5) is 10.4. The van der Waals surface area contributed by atoms with E-state index in [1.807, 2.05) is 5.32 Å². The van der Waals surface area contributed by atoms with Gasteiger partial charge in [0, 0.05) is 8.95 Å². The lowest BCUT2D eigenvalue weighted by Gasteiger charge is -2.10. The van der Waals surface area contributed by atoms with Crippen molar-refractivity contribution < 1.29 is 9.18 Å². The maximum atomic E-state index is 13.4. The number of nitrogens with two attached hydrogens (primary N) is 1. The first-order valence-corrected chi connectivity index (χ1v) is 5.55. The second kappa shape index (κ2) is 5.26. The first-order valence-electron chi connectivity index (χ1n) is 3.96. The van der Waals surface area contributed by atoms with Crippen LogP contribution in [0.15, 0.2) is 21.1 Å². The lowest BCUT2D eigenvalue weighted by Crippen LogP contribution is -2.38. The van der Waals surface area contributed by atoms with E-state index in [1.165, 1.54) is 6.07 Å². The Hall–Kier alpha value is -1.15. The summed E-state index contributed by atoms with van der Waals surface area (Å²) < 4.78 is 14.4. The van der Waals surface area contributed by atoms with Gasteiger partial charge < -0.3 is 11.1 Å². The number of rotatable bonds is 1. The average Bonchev–Trinajstić information content (AvgIpc) is 2.09. The Labute approximate surface area is 107 Å². The zero-order valence-electron chi connectivity index (χ0n) is 7.77. The number of hydrogen-bond donors (Lipinski definition) is 4. The van der Waals surface area contributed by atoms with E-state index in [2.05, 4.69) is 37.2 Å². The lowest BCUT2D eigenvalue weighted by molar-refractivity contribution is 0.253. The molecule has 5 nitrogen and oxygen atoms in total. The van der Waals surface area contributed by atoms with Gasteiger partial charge in [0.1, 0.15) is 5.82 Å². The van der Waals surface area contributed by atoms with E-state index in [4.69, 9.17) is 11.1 Å². The topological polar surface area (TPSA) is 91.0 Å². The molecule has 16 heavy (non-hydrogen) atoms. The Kier molecular flexibility index (Phi) is 4.25. The number of carbonyl (C=O) groups excluding carboxylic acids is 1. The van der Waals surface area contributed by atoms with Gasteiger partial charge in [0.25, 0.3) is 0 Å². The minimum atomic E-state index is -0.897. The smallest absolute Gasteiger partial charge is 0.318 e. The molecule has 0 aliphatic heterocycles. The molecule has 1 aromatic carbocycles. The highest BCUT2D eigenvalue weighted by Crippen LogP contribution is 2.29. The van der Waals surface area contributed by atoms with E-state index in [-0.39, 0.29) is 5.69 Å². The van der Waals surface area contributed by atoms with Crippen LogP contribution in [0.2, 0.25) is 0 Å². The fourth-order valence-corrected chi connectivity index (χ4v) is 2.21. The number of primary amides is 1. The Morgan fingerprint density at radius 1 is 1.44 bits per heavy atom. The molecule has 0 saturated heterocycles. The number of hydrogen-bond acceptors (Lipinski definition) is 2. The fourth-order valence-electron chi connectivity index (χ4n) is 0.941. The highest BCUT2D eigenvalue weighted by Gasteiger charge is 2.10. The second-order valence-corrected chi connectivity index (χ2v) is 4.50. The quantitative estimate of drug-likeness (QED) is 0.461.